The molecule has 6 atom stereocenters. The second-order valence-corrected chi connectivity index (χ2v) is 8.87. The van der Waals surface area contributed by atoms with Gasteiger partial charge >= 0.3 is 0 Å². The van der Waals surface area contributed by atoms with Crippen LogP contribution in [-0.2, 0) is 0 Å². The van der Waals surface area contributed by atoms with E-state index in [0.29, 0.717) is 17.4 Å². The van der Waals surface area contributed by atoms with Crippen LogP contribution < -0.4 is 0 Å². The summed E-state index contributed by atoms with van der Waals surface area (Å²) in [5.41, 5.74) is 1.00. The molecular weight excluding hydrogens is 244 g/mol. The SMILES string of the molecule is C[C@@]12CCC[C@H]1[C@@H]1CCC3CCCC[C@]3(CO)[C@@H]1CC2. The Balaban J connectivity index is 1.66. The average molecular weight is 276 g/mol. The van der Waals surface area contributed by atoms with E-state index in [1.807, 2.05) is 0 Å². The van der Waals surface area contributed by atoms with Crippen LogP contribution in [0, 0.1) is 34.5 Å². The summed E-state index contributed by atoms with van der Waals surface area (Å²) in [6.07, 6.45) is 15.8. The van der Waals surface area contributed by atoms with Crippen molar-refractivity contribution in [2.75, 3.05) is 6.61 Å². The van der Waals surface area contributed by atoms with Crippen LogP contribution in [0.1, 0.15) is 77.6 Å². The minimum Gasteiger partial charge on any atom is -0.396 e. The normalized spacial score (nSPS) is 54.9. The van der Waals surface area contributed by atoms with Gasteiger partial charge < -0.3 is 5.11 Å². The molecule has 0 aromatic rings. The molecule has 4 saturated carbocycles. The number of aliphatic hydroxyl groups excluding tert-OH is 1. The molecule has 0 saturated heterocycles. The summed E-state index contributed by atoms with van der Waals surface area (Å²) in [5, 5.41) is 10.3. The van der Waals surface area contributed by atoms with Crippen molar-refractivity contribution < 1.29 is 5.11 Å². The number of fused-ring (bicyclic) bond motifs is 5. The zero-order chi connectivity index (χ0) is 13.8. The van der Waals surface area contributed by atoms with Gasteiger partial charge in [-0.2, -0.15) is 0 Å². The summed E-state index contributed by atoms with van der Waals surface area (Å²) in [6.45, 7) is 3.07. The Labute approximate surface area is 124 Å². The van der Waals surface area contributed by atoms with Gasteiger partial charge in [0.2, 0.25) is 0 Å². The van der Waals surface area contributed by atoms with Crippen LogP contribution in [-0.4, -0.2) is 11.7 Å². The van der Waals surface area contributed by atoms with Crippen molar-refractivity contribution in [2.24, 2.45) is 34.5 Å². The number of hydrogen-bond acceptors (Lipinski definition) is 1. The van der Waals surface area contributed by atoms with Crippen LogP contribution >= 0.6 is 0 Å². The first-order valence-corrected chi connectivity index (χ1v) is 9.30. The third kappa shape index (κ3) is 1.71. The molecule has 4 fully saturated rings. The minimum absolute atomic E-state index is 0.338. The van der Waals surface area contributed by atoms with Crippen LogP contribution in [0.15, 0.2) is 0 Å². The molecule has 0 amide bonds. The van der Waals surface area contributed by atoms with E-state index < -0.39 is 0 Å². The molecule has 1 heteroatoms. The van der Waals surface area contributed by atoms with Gasteiger partial charge in [0.15, 0.2) is 0 Å². The molecule has 0 spiro atoms. The van der Waals surface area contributed by atoms with E-state index in [9.17, 15) is 5.11 Å². The fraction of sp³-hybridized carbons (Fsp3) is 1.00. The highest BCUT2D eigenvalue weighted by Gasteiger charge is 2.58. The molecule has 0 radical (unpaired) electrons. The zero-order valence-corrected chi connectivity index (χ0v) is 13.2. The molecule has 1 N–H and O–H groups in total. The lowest BCUT2D eigenvalue weighted by Gasteiger charge is -2.60. The van der Waals surface area contributed by atoms with E-state index in [2.05, 4.69) is 6.92 Å². The van der Waals surface area contributed by atoms with Crippen LogP contribution in [0.3, 0.4) is 0 Å². The lowest BCUT2D eigenvalue weighted by molar-refractivity contribution is -0.134. The van der Waals surface area contributed by atoms with Gasteiger partial charge in [0.1, 0.15) is 0 Å². The van der Waals surface area contributed by atoms with E-state index in [0.717, 1.165) is 23.7 Å². The molecule has 0 aromatic heterocycles. The molecule has 4 rings (SSSR count). The van der Waals surface area contributed by atoms with Gasteiger partial charge in [0.25, 0.3) is 0 Å². The van der Waals surface area contributed by atoms with Gasteiger partial charge in [-0.3, -0.25) is 0 Å². The van der Waals surface area contributed by atoms with Gasteiger partial charge in [-0.15, -0.1) is 0 Å². The Morgan fingerprint density at radius 2 is 1.75 bits per heavy atom. The Kier molecular flexibility index (Phi) is 3.22. The highest BCUT2D eigenvalue weighted by molar-refractivity contribution is 5.07. The van der Waals surface area contributed by atoms with Crippen LogP contribution in [0.2, 0.25) is 0 Å². The summed E-state index contributed by atoms with van der Waals surface area (Å²) >= 11 is 0. The highest BCUT2D eigenvalue weighted by atomic mass is 16.3. The van der Waals surface area contributed by atoms with Crippen molar-refractivity contribution in [3.8, 4) is 0 Å². The molecule has 20 heavy (non-hydrogen) atoms. The van der Waals surface area contributed by atoms with Crippen molar-refractivity contribution in [1.82, 2.24) is 0 Å². The first kappa shape index (κ1) is 13.6. The van der Waals surface area contributed by atoms with E-state index in [1.54, 1.807) is 0 Å². The van der Waals surface area contributed by atoms with Crippen molar-refractivity contribution in [3.63, 3.8) is 0 Å². The zero-order valence-electron chi connectivity index (χ0n) is 13.2. The Morgan fingerprint density at radius 3 is 2.60 bits per heavy atom. The first-order valence-electron chi connectivity index (χ1n) is 9.30. The van der Waals surface area contributed by atoms with Crippen molar-refractivity contribution in [1.29, 1.82) is 0 Å². The minimum atomic E-state index is 0.338. The summed E-state index contributed by atoms with van der Waals surface area (Å²) in [6, 6.07) is 0. The summed E-state index contributed by atoms with van der Waals surface area (Å²) in [5.74, 6) is 3.67. The smallest absolute Gasteiger partial charge is 0.0492 e. The van der Waals surface area contributed by atoms with E-state index in [4.69, 9.17) is 0 Å². The second kappa shape index (κ2) is 4.73. The molecule has 4 aliphatic rings. The van der Waals surface area contributed by atoms with Crippen LogP contribution in [0.5, 0.6) is 0 Å². The number of rotatable bonds is 1. The topological polar surface area (TPSA) is 20.2 Å². The fourth-order valence-corrected chi connectivity index (χ4v) is 7.37. The summed E-state index contributed by atoms with van der Waals surface area (Å²) < 4.78 is 0. The van der Waals surface area contributed by atoms with Crippen molar-refractivity contribution in [3.05, 3.63) is 0 Å². The molecular formula is C19H32O. The molecule has 4 aliphatic carbocycles. The van der Waals surface area contributed by atoms with Gasteiger partial charge in [-0.1, -0.05) is 26.2 Å². The van der Waals surface area contributed by atoms with E-state index in [1.165, 1.54) is 70.6 Å². The molecule has 114 valence electrons. The van der Waals surface area contributed by atoms with Crippen LogP contribution in [0.25, 0.3) is 0 Å². The maximum atomic E-state index is 10.3. The van der Waals surface area contributed by atoms with E-state index >= 15 is 0 Å². The second-order valence-electron chi connectivity index (χ2n) is 8.87. The van der Waals surface area contributed by atoms with Gasteiger partial charge in [-0.05, 0) is 85.9 Å². The van der Waals surface area contributed by atoms with Gasteiger partial charge in [0.05, 0.1) is 0 Å². The van der Waals surface area contributed by atoms with Crippen LogP contribution in [0.4, 0.5) is 0 Å². The molecule has 0 aromatic carbocycles. The fourth-order valence-electron chi connectivity index (χ4n) is 7.37. The highest BCUT2D eigenvalue weighted by Crippen LogP contribution is 2.66. The van der Waals surface area contributed by atoms with E-state index in [-0.39, 0.29) is 0 Å². The molecule has 1 unspecified atom stereocenters. The number of hydrogen-bond donors (Lipinski definition) is 1. The Hall–Kier alpha value is -0.0400. The standard InChI is InChI=1S/C19H32O/c1-18-10-4-6-16(18)15-8-7-14-5-2-3-11-19(14,13-20)17(15)9-12-18/h14-17,20H,2-13H2,1H3/t14?,15-,16-,17+,18-,19+/m0/s1. The maximum absolute atomic E-state index is 10.3. The Bertz CT molecular complexity index is 378. The number of aliphatic hydroxyl groups is 1. The molecule has 1 nitrogen and oxygen atoms in total. The van der Waals surface area contributed by atoms with Crippen molar-refractivity contribution in [2.45, 2.75) is 77.6 Å². The van der Waals surface area contributed by atoms with Gasteiger partial charge in [-0.25, -0.2) is 0 Å². The summed E-state index contributed by atoms with van der Waals surface area (Å²) in [7, 11) is 0. The predicted molar refractivity (Wildman–Crippen MR) is 82.4 cm³/mol. The summed E-state index contributed by atoms with van der Waals surface area (Å²) in [4.78, 5) is 0. The van der Waals surface area contributed by atoms with Crippen molar-refractivity contribution >= 4 is 0 Å². The Morgan fingerprint density at radius 1 is 0.850 bits per heavy atom. The largest absolute Gasteiger partial charge is 0.396 e. The lowest BCUT2D eigenvalue weighted by Crippen LogP contribution is -2.54. The first-order chi connectivity index (χ1) is 9.70. The molecule has 0 bridgehead atoms. The lowest BCUT2D eigenvalue weighted by atomic mass is 9.45. The van der Waals surface area contributed by atoms with Gasteiger partial charge in [0, 0.05) is 6.61 Å². The predicted octanol–water partition coefficient (Wildman–Crippen LogP) is 4.78. The average Bonchev–Trinajstić information content (AvgIpc) is 2.88. The molecule has 0 heterocycles. The maximum Gasteiger partial charge on any atom is 0.0492 e. The molecule has 0 aliphatic heterocycles. The third-order valence-electron chi connectivity index (χ3n) is 8.36. The monoisotopic (exact) mass is 276 g/mol. The third-order valence-corrected chi connectivity index (χ3v) is 8.36. The quantitative estimate of drug-likeness (QED) is 0.730.